The lowest BCUT2D eigenvalue weighted by Gasteiger charge is -2.15. The van der Waals surface area contributed by atoms with Crippen LogP contribution >= 0.6 is 39.1 Å². The Morgan fingerprint density at radius 3 is 2.81 bits per heavy atom. The smallest absolute Gasteiger partial charge is 0.0595 e. The fourth-order valence-corrected chi connectivity index (χ4v) is 3.01. The van der Waals surface area contributed by atoms with Gasteiger partial charge >= 0.3 is 0 Å². The summed E-state index contributed by atoms with van der Waals surface area (Å²) < 4.78 is 5.38. The van der Waals surface area contributed by atoms with Gasteiger partial charge in [-0.15, -0.1) is 0 Å². The summed E-state index contributed by atoms with van der Waals surface area (Å²) in [7, 11) is 0. The zero-order valence-corrected chi connectivity index (χ0v) is 11.9. The van der Waals surface area contributed by atoms with E-state index >= 15 is 0 Å². The van der Waals surface area contributed by atoms with E-state index in [1.54, 1.807) is 0 Å². The second kappa shape index (κ2) is 5.72. The highest BCUT2D eigenvalue weighted by atomic mass is 79.9. The van der Waals surface area contributed by atoms with Gasteiger partial charge in [0.1, 0.15) is 0 Å². The largest absolute Gasteiger partial charge is 0.381 e. The highest BCUT2D eigenvalue weighted by Gasteiger charge is 2.23. The molecule has 0 aliphatic carbocycles. The maximum Gasteiger partial charge on any atom is 0.0595 e. The molecule has 1 nitrogen and oxygen atoms in total. The lowest BCUT2D eigenvalue weighted by Crippen LogP contribution is -2.16. The Balaban J connectivity index is 1.99. The van der Waals surface area contributed by atoms with Crippen LogP contribution < -0.4 is 0 Å². The molecule has 0 radical (unpaired) electrons. The van der Waals surface area contributed by atoms with Crippen molar-refractivity contribution in [3.63, 3.8) is 0 Å². The standard InChI is InChI=1S/C12H13BrCl2O/c13-10(9-3-4-16-7-9)5-8-1-2-11(14)12(15)6-8/h1-2,6,9-10H,3-5,7H2. The van der Waals surface area contributed by atoms with Crippen LogP contribution in [0.3, 0.4) is 0 Å². The van der Waals surface area contributed by atoms with E-state index in [1.807, 2.05) is 18.2 Å². The lowest BCUT2D eigenvalue weighted by molar-refractivity contribution is 0.185. The SMILES string of the molecule is Clc1ccc(CC(Br)C2CCOC2)cc1Cl. The molecule has 0 saturated carbocycles. The number of hydrogen-bond acceptors (Lipinski definition) is 1. The topological polar surface area (TPSA) is 9.23 Å². The average molecular weight is 324 g/mol. The summed E-state index contributed by atoms with van der Waals surface area (Å²) in [6, 6.07) is 5.82. The van der Waals surface area contributed by atoms with Crippen LogP contribution in [-0.2, 0) is 11.2 Å². The van der Waals surface area contributed by atoms with Crippen LogP contribution in [0, 0.1) is 5.92 Å². The van der Waals surface area contributed by atoms with Gasteiger partial charge in [0, 0.05) is 11.4 Å². The first kappa shape index (κ1) is 12.7. The summed E-state index contributed by atoms with van der Waals surface area (Å²) in [5.41, 5.74) is 1.21. The maximum absolute atomic E-state index is 5.99. The first-order valence-corrected chi connectivity index (χ1v) is 6.99. The molecule has 1 aliphatic heterocycles. The molecular weight excluding hydrogens is 311 g/mol. The summed E-state index contributed by atoms with van der Waals surface area (Å²) in [6.45, 7) is 1.74. The predicted molar refractivity (Wildman–Crippen MR) is 71.8 cm³/mol. The number of benzene rings is 1. The van der Waals surface area contributed by atoms with Crippen molar-refractivity contribution in [3.05, 3.63) is 33.8 Å². The van der Waals surface area contributed by atoms with Crippen LogP contribution in [0.4, 0.5) is 0 Å². The van der Waals surface area contributed by atoms with Crippen molar-refractivity contribution in [2.24, 2.45) is 5.92 Å². The molecule has 0 amide bonds. The molecule has 0 spiro atoms. The van der Waals surface area contributed by atoms with Gasteiger partial charge in [-0.3, -0.25) is 0 Å². The van der Waals surface area contributed by atoms with Crippen molar-refractivity contribution in [2.75, 3.05) is 13.2 Å². The summed E-state index contributed by atoms with van der Waals surface area (Å²) >= 11 is 15.6. The van der Waals surface area contributed by atoms with Crippen LogP contribution in [-0.4, -0.2) is 18.0 Å². The average Bonchev–Trinajstić information content (AvgIpc) is 2.77. The highest BCUT2D eigenvalue weighted by molar-refractivity contribution is 9.09. The van der Waals surface area contributed by atoms with E-state index in [4.69, 9.17) is 27.9 Å². The molecule has 1 aromatic rings. The van der Waals surface area contributed by atoms with E-state index in [1.165, 1.54) is 5.56 Å². The summed E-state index contributed by atoms with van der Waals surface area (Å²) in [6.07, 6.45) is 2.10. The first-order chi connectivity index (χ1) is 7.66. The van der Waals surface area contributed by atoms with Crippen LogP contribution in [0.5, 0.6) is 0 Å². The van der Waals surface area contributed by atoms with Crippen LogP contribution in [0.25, 0.3) is 0 Å². The summed E-state index contributed by atoms with van der Waals surface area (Å²) in [4.78, 5) is 0.451. The Hall–Kier alpha value is 0.240. The molecule has 1 saturated heterocycles. The van der Waals surface area contributed by atoms with Gasteiger partial charge in [0.05, 0.1) is 16.7 Å². The second-order valence-corrected chi connectivity index (χ2v) is 6.08. The third kappa shape index (κ3) is 3.13. The molecule has 4 heteroatoms. The molecule has 16 heavy (non-hydrogen) atoms. The molecule has 1 heterocycles. The van der Waals surface area contributed by atoms with Gasteiger partial charge in [-0.1, -0.05) is 45.2 Å². The van der Waals surface area contributed by atoms with E-state index in [0.29, 0.717) is 20.8 Å². The third-order valence-electron chi connectivity index (χ3n) is 2.89. The molecule has 0 bridgehead atoms. The fraction of sp³-hybridized carbons (Fsp3) is 0.500. The van der Waals surface area contributed by atoms with Gasteiger partial charge in [-0.05, 0) is 36.5 Å². The molecule has 2 unspecified atom stereocenters. The zero-order chi connectivity index (χ0) is 11.5. The number of ether oxygens (including phenoxy) is 1. The zero-order valence-electron chi connectivity index (χ0n) is 8.76. The number of halogens is 3. The molecule has 0 aromatic heterocycles. The summed E-state index contributed by atoms with van der Waals surface area (Å²) in [5, 5.41) is 1.24. The molecule has 1 aliphatic rings. The van der Waals surface area contributed by atoms with Gasteiger partial charge < -0.3 is 4.74 Å². The Bertz CT molecular complexity index is 364. The Labute approximate surface area is 114 Å². The van der Waals surface area contributed by atoms with Gasteiger partial charge in [0.15, 0.2) is 0 Å². The molecule has 1 aromatic carbocycles. The minimum absolute atomic E-state index is 0.451. The van der Waals surface area contributed by atoms with Crippen molar-refractivity contribution in [3.8, 4) is 0 Å². The fourth-order valence-electron chi connectivity index (χ4n) is 1.90. The van der Waals surface area contributed by atoms with Crippen molar-refractivity contribution in [2.45, 2.75) is 17.7 Å². The number of rotatable bonds is 3. The normalized spacial score (nSPS) is 22.3. The van der Waals surface area contributed by atoms with Crippen molar-refractivity contribution >= 4 is 39.1 Å². The molecular formula is C12H13BrCl2O. The Morgan fingerprint density at radius 1 is 1.38 bits per heavy atom. The van der Waals surface area contributed by atoms with Crippen molar-refractivity contribution in [1.29, 1.82) is 0 Å². The monoisotopic (exact) mass is 322 g/mol. The molecule has 2 atom stereocenters. The number of hydrogen-bond donors (Lipinski definition) is 0. The summed E-state index contributed by atoms with van der Waals surface area (Å²) in [5.74, 6) is 0.606. The van der Waals surface area contributed by atoms with E-state index in [-0.39, 0.29) is 0 Å². The maximum atomic E-state index is 5.99. The van der Waals surface area contributed by atoms with Crippen LogP contribution in [0.1, 0.15) is 12.0 Å². The first-order valence-electron chi connectivity index (χ1n) is 5.32. The second-order valence-electron chi connectivity index (χ2n) is 4.09. The molecule has 2 rings (SSSR count). The molecule has 1 fully saturated rings. The van der Waals surface area contributed by atoms with E-state index in [0.717, 1.165) is 26.1 Å². The van der Waals surface area contributed by atoms with E-state index in [2.05, 4.69) is 15.9 Å². The van der Waals surface area contributed by atoms with E-state index in [9.17, 15) is 0 Å². The highest BCUT2D eigenvalue weighted by Crippen LogP contribution is 2.28. The number of alkyl halides is 1. The Morgan fingerprint density at radius 2 is 2.19 bits per heavy atom. The molecule has 0 N–H and O–H groups in total. The van der Waals surface area contributed by atoms with Crippen molar-refractivity contribution in [1.82, 2.24) is 0 Å². The van der Waals surface area contributed by atoms with E-state index < -0.39 is 0 Å². The third-order valence-corrected chi connectivity index (χ3v) is 4.70. The molecule has 88 valence electrons. The lowest BCUT2D eigenvalue weighted by atomic mass is 9.99. The minimum atomic E-state index is 0.451. The van der Waals surface area contributed by atoms with Gasteiger partial charge in [0.25, 0.3) is 0 Å². The van der Waals surface area contributed by atoms with Gasteiger partial charge in [0.2, 0.25) is 0 Å². The Kier molecular flexibility index (Phi) is 4.54. The van der Waals surface area contributed by atoms with Crippen molar-refractivity contribution < 1.29 is 4.74 Å². The van der Waals surface area contributed by atoms with Gasteiger partial charge in [-0.25, -0.2) is 0 Å². The van der Waals surface area contributed by atoms with Crippen LogP contribution in [0.15, 0.2) is 18.2 Å². The quantitative estimate of drug-likeness (QED) is 0.752. The predicted octanol–water partition coefficient (Wildman–Crippen LogP) is 4.34. The minimum Gasteiger partial charge on any atom is -0.381 e. The van der Waals surface area contributed by atoms with Crippen LogP contribution in [0.2, 0.25) is 10.0 Å². The van der Waals surface area contributed by atoms with Gasteiger partial charge in [-0.2, -0.15) is 0 Å².